The van der Waals surface area contributed by atoms with E-state index < -0.39 is 23.1 Å². The van der Waals surface area contributed by atoms with Gasteiger partial charge in [-0.05, 0) is 77.3 Å². The molecule has 154 valence electrons. The lowest BCUT2D eigenvalue weighted by Crippen LogP contribution is -2.40. The van der Waals surface area contributed by atoms with Gasteiger partial charge in [-0.3, -0.25) is 9.59 Å². The zero-order valence-corrected chi connectivity index (χ0v) is 17.2. The van der Waals surface area contributed by atoms with Crippen LogP contribution < -0.4 is 9.47 Å². The molecule has 2 N–H and O–H groups in total. The molecular formula is C22H30O6. The van der Waals surface area contributed by atoms with Crippen LogP contribution in [0.25, 0.3) is 0 Å². The first-order valence-electron chi connectivity index (χ1n) is 10.0. The van der Waals surface area contributed by atoms with Crippen molar-refractivity contribution in [3.05, 3.63) is 22.3 Å². The van der Waals surface area contributed by atoms with E-state index >= 15 is 0 Å². The molecule has 6 heteroatoms. The molecule has 2 heterocycles. The van der Waals surface area contributed by atoms with E-state index in [2.05, 4.69) is 0 Å². The summed E-state index contributed by atoms with van der Waals surface area (Å²) in [6.07, 6.45) is 4.40. The maximum atomic E-state index is 11.0. The number of ether oxygens (including phenoxy) is 2. The molecule has 2 aliphatic rings. The molecule has 0 saturated carbocycles. The minimum atomic E-state index is -0.803. The van der Waals surface area contributed by atoms with Gasteiger partial charge in [-0.2, -0.15) is 0 Å². The van der Waals surface area contributed by atoms with Gasteiger partial charge >= 0.3 is 11.9 Å². The van der Waals surface area contributed by atoms with Crippen molar-refractivity contribution < 1.29 is 29.3 Å². The van der Waals surface area contributed by atoms with E-state index in [0.717, 1.165) is 48.3 Å². The SMILES string of the molecule is Cc1c(C)c2c(c3c1OC(C)(CCC(=O)O)CC3)CCC(C)(CCC(=O)O)O2. The highest BCUT2D eigenvalue weighted by atomic mass is 16.5. The first kappa shape index (κ1) is 20.5. The zero-order chi connectivity index (χ0) is 20.7. The van der Waals surface area contributed by atoms with E-state index in [4.69, 9.17) is 19.7 Å². The highest BCUT2D eigenvalue weighted by Crippen LogP contribution is 2.49. The molecule has 0 radical (unpaired) electrons. The summed E-state index contributed by atoms with van der Waals surface area (Å²) in [5.41, 5.74) is 3.46. The molecule has 0 amide bonds. The number of fused-ring (bicyclic) bond motifs is 3. The molecule has 1 aromatic carbocycles. The Hall–Kier alpha value is -2.24. The van der Waals surface area contributed by atoms with Gasteiger partial charge in [0.25, 0.3) is 0 Å². The van der Waals surface area contributed by atoms with Crippen LogP contribution in [0.2, 0.25) is 0 Å². The normalized spacial score (nSPS) is 25.9. The lowest BCUT2D eigenvalue weighted by Gasteiger charge is -2.42. The summed E-state index contributed by atoms with van der Waals surface area (Å²) in [4.78, 5) is 22.0. The second-order valence-corrected chi connectivity index (χ2v) is 8.76. The van der Waals surface area contributed by atoms with Crippen molar-refractivity contribution in [2.75, 3.05) is 0 Å². The zero-order valence-electron chi connectivity index (χ0n) is 17.2. The number of hydrogen-bond donors (Lipinski definition) is 2. The van der Waals surface area contributed by atoms with Gasteiger partial charge in [0, 0.05) is 24.0 Å². The number of benzene rings is 1. The molecule has 2 unspecified atom stereocenters. The van der Waals surface area contributed by atoms with E-state index in [9.17, 15) is 9.59 Å². The molecule has 0 aliphatic carbocycles. The van der Waals surface area contributed by atoms with Crippen molar-refractivity contribution in [3.63, 3.8) is 0 Å². The average Bonchev–Trinajstić information content (AvgIpc) is 2.63. The number of aliphatic carboxylic acids is 2. The van der Waals surface area contributed by atoms with Crippen LogP contribution in [0.15, 0.2) is 0 Å². The largest absolute Gasteiger partial charge is 0.487 e. The molecule has 0 spiro atoms. The van der Waals surface area contributed by atoms with Crippen molar-refractivity contribution >= 4 is 11.9 Å². The number of carboxylic acid groups (broad SMARTS) is 2. The molecule has 3 rings (SSSR count). The third-order valence-corrected chi connectivity index (χ3v) is 6.40. The van der Waals surface area contributed by atoms with Gasteiger partial charge in [-0.1, -0.05) is 0 Å². The summed E-state index contributed by atoms with van der Waals surface area (Å²) in [6, 6.07) is 0. The lowest BCUT2D eigenvalue weighted by molar-refractivity contribution is -0.139. The second-order valence-electron chi connectivity index (χ2n) is 8.76. The first-order chi connectivity index (χ1) is 13.0. The van der Waals surface area contributed by atoms with Crippen LogP contribution in [0.3, 0.4) is 0 Å². The monoisotopic (exact) mass is 390 g/mol. The van der Waals surface area contributed by atoms with E-state index in [1.807, 2.05) is 27.7 Å². The quantitative estimate of drug-likeness (QED) is 0.756. The minimum Gasteiger partial charge on any atom is -0.487 e. The Morgan fingerprint density at radius 2 is 1.18 bits per heavy atom. The fourth-order valence-electron chi connectivity index (χ4n) is 4.34. The van der Waals surface area contributed by atoms with Crippen LogP contribution in [0, 0.1) is 13.8 Å². The number of carboxylic acids is 2. The number of hydrogen-bond acceptors (Lipinski definition) is 4. The summed E-state index contributed by atoms with van der Waals surface area (Å²) in [6.45, 7) is 8.02. The van der Waals surface area contributed by atoms with E-state index in [-0.39, 0.29) is 12.8 Å². The van der Waals surface area contributed by atoms with Gasteiger partial charge in [0.15, 0.2) is 0 Å². The Bertz CT molecular complexity index is 747. The highest BCUT2D eigenvalue weighted by Gasteiger charge is 2.39. The van der Waals surface area contributed by atoms with Crippen molar-refractivity contribution in [2.24, 2.45) is 0 Å². The maximum absolute atomic E-state index is 11.0. The van der Waals surface area contributed by atoms with Crippen LogP contribution in [-0.2, 0) is 22.4 Å². The highest BCUT2D eigenvalue weighted by molar-refractivity contribution is 5.67. The van der Waals surface area contributed by atoms with Crippen LogP contribution in [0.4, 0.5) is 0 Å². The fourth-order valence-corrected chi connectivity index (χ4v) is 4.34. The second kappa shape index (κ2) is 7.30. The van der Waals surface area contributed by atoms with E-state index in [1.54, 1.807) is 0 Å². The van der Waals surface area contributed by atoms with Gasteiger partial charge < -0.3 is 19.7 Å². The van der Waals surface area contributed by atoms with Gasteiger partial charge in [0.05, 0.1) is 0 Å². The Balaban J connectivity index is 1.91. The predicted octanol–water partition coefficient (Wildman–Crippen LogP) is 4.20. The smallest absolute Gasteiger partial charge is 0.303 e. The first-order valence-corrected chi connectivity index (χ1v) is 10.0. The van der Waals surface area contributed by atoms with Gasteiger partial charge in [0.1, 0.15) is 22.7 Å². The minimum absolute atomic E-state index is 0.0971. The third-order valence-electron chi connectivity index (χ3n) is 6.40. The molecule has 0 fully saturated rings. The predicted molar refractivity (Wildman–Crippen MR) is 104 cm³/mol. The van der Waals surface area contributed by atoms with Gasteiger partial charge in [-0.15, -0.1) is 0 Å². The Morgan fingerprint density at radius 3 is 1.50 bits per heavy atom. The van der Waals surface area contributed by atoms with Crippen molar-refractivity contribution in [3.8, 4) is 11.5 Å². The molecule has 6 nitrogen and oxygen atoms in total. The number of carbonyl (C=O) groups is 2. The average molecular weight is 390 g/mol. The molecule has 0 aromatic heterocycles. The van der Waals surface area contributed by atoms with Crippen molar-refractivity contribution in [1.82, 2.24) is 0 Å². The van der Waals surface area contributed by atoms with Crippen molar-refractivity contribution in [2.45, 2.75) is 90.3 Å². The van der Waals surface area contributed by atoms with E-state index in [1.165, 1.54) is 11.1 Å². The van der Waals surface area contributed by atoms with Crippen LogP contribution in [-0.4, -0.2) is 33.4 Å². The standard InChI is InChI=1S/C22H30O6/c1-13-14(2)20-16(6-10-22(4,28-20)12-8-18(25)26)15-5-9-21(3,27-19(13)15)11-7-17(23)24/h5-12H2,1-4H3,(H,23,24)(H,25,26). The molecule has 28 heavy (non-hydrogen) atoms. The van der Waals surface area contributed by atoms with Crippen LogP contribution in [0.5, 0.6) is 11.5 Å². The molecule has 0 saturated heterocycles. The van der Waals surface area contributed by atoms with E-state index in [0.29, 0.717) is 12.8 Å². The summed E-state index contributed by atoms with van der Waals surface area (Å²) in [5.74, 6) is 0.160. The van der Waals surface area contributed by atoms with Crippen LogP contribution >= 0.6 is 0 Å². The summed E-state index contributed by atoms with van der Waals surface area (Å²) >= 11 is 0. The Kier molecular flexibility index (Phi) is 5.34. The molecular weight excluding hydrogens is 360 g/mol. The van der Waals surface area contributed by atoms with Gasteiger partial charge in [-0.25, -0.2) is 0 Å². The Labute approximate surface area is 165 Å². The number of rotatable bonds is 6. The summed E-state index contributed by atoms with van der Waals surface area (Å²) < 4.78 is 12.8. The topological polar surface area (TPSA) is 93.1 Å². The fraction of sp³-hybridized carbons (Fsp3) is 0.636. The molecule has 2 aliphatic heterocycles. The van der Waals surface area contributed by atoms with Crippen LogP contribution in [0.1, 0.15) is 74.6 Å². The molecule has 0 bridgehead atoms. The maximum Gasteiger partial charge on any atom is 0.303 e. The third kappa shape index (κ3) is 3.96. The summed E-state index contributed by atoms with van der Waals surface area (Å²) in [5, 5.41) is 18.1. The van der Waals surface area contributed by atoms with Gasteiger partial charge in [0.2, 0.25) is 0 Å². The summed E-state index contributed by atoms with van der Waals surface area (Å²) in [7, 11) is 0. The van der Waals surface area contributed by atoms with Crippen molar-refractivity contribution in [1.29, 1.82) is 0 Å². The molecule has 2 atom stereocenters. The molecule has 1 aromatic rings. The Morgan fingerprint density at radius 1 is 0.821 bits per heavy atom. The lowest BCUT2D eigenvalue weighted by atomic mass is 9.80.